The zero-order valence-corrected chi connectivity index (χ0v) is 18.5. The molecule has 6 nitrogen and oxygen atoms in total. The van der Waals surface area contributed by atoms with Crippen LogP contribution in [0.2, 0.25) is 0 Å². The molecule has 0 radical (unpaired) electrons. The van der Waals surface area contributed by atoms with Crippen LogP contribution in [0.5, 0.6) is 0 Å². The summed E-state index contributed by atoms with van der Waals surface area (Å²) < 4.78 is 4.56. The molecule has 2 aromatic heterocycles. The van der Waals surface area contributed by atoms with Crippen molar-refractivity contribution < 1.29 is 4.79 Å². The van der Waals surface area contributed by atoms with E-state index in [0.29, 0.717) is 32.5 Å². The number of anilines is 1. The lowest BCUT2D eigenvalue weighted by molar-refractivity contribution is -0.121. The van der Waals surface area contributed by atoms with E-state index >= 15 is 0 Å². The van der Waals surface area contributed by atoms with Gasteiger partial charge < -0.3 is 10.2 Å². The molecule has 0 saturated carbocycles. The molecule has 1 N–H and O–H groups in total. The second-order valence-electron chi connectivity index (χ2n) is 7.45. The Morgan fingerprint density at radius 3 is 2.34 bits per heavy atom. The molecule has 7 heteroatoms. The van der Waals surface area contributed by atoms with Crippen molar-refractivity contribution in [1.82, 2.24) is 19.7 Å². The number of aromatic nitrogens is 3. The molecule has 0 spiro atoms. The Bertz CT molecular complexity index is 1100. The van der Waals surface area contributed by atoms with E-state index in [1.165, 1.54) is 22.7 Å². The molecule has 32 heavy (non-hydrogen) atoms. The van der Waals surface area contributed by atoms with Gasteiger partial charge in [-0.3, -0.25) is 9.78 Å². The fourth-order valence-electron chi connectivity index (χ4n) is 3.30. The normalized spacial score (nSPS) is 10.6. The quantitative estimate of drug-likeness (QED) is 0.397. The molecule has 2 aromatic carbocycles. The van der Waals surface area contributed by atoms with E-state index in [-0.39, 0.29) is 5.91 Å². The van der Waals surface area contributed by atoms with E-state index in [2.05, 4.69) is 43.8 Å². The van der Waals surface area contributed by atoms with Crippen molar-refractivity contribution in [2.24, 2.45) is 0 Å². The van der Waals surface area contributed by atoms with Gasteiger partial charge >= 0.3 is 0 Å². The van der Waals surface area contributed by atoms with Gasteiger partial charge in [0.2, 0.25) is 11.0 Å². The fraction of sp³-hybridized carbons (Fsp3) is 0.200. The smallest absolute Gasteiger partial charge is 0.222 e. The molecule has 4 aromatic rings. The summed E-state index contributed by atoms with van der Waals surface area (Å²) in [6, 6.07) is 24.2. The van der Waals surface area contributed by atoms with Crippen LogP contribution in [0, 0.1) is 0 Å². The minimum atomic E-state index is 0.000870. The number of hydrogen-bond acceptors (Lipinski definition) is 6. The van der Waals surface area contributed by atoms with Crippen LogP contribution in [0.4, 0.5) is 5.13 Å². The van der Waals surface area contributed by atoms with E-state index in [1.807, 2.05) is 48.5 Å². The Balaban J connectivity index is 1.40. The average Bonchev–Trinajstić information content (AvgIpc) is 3.30. The van der Waals surface area contributed by atoms with Crippen molar-refractivity contribution in [3.8, 4) is 0 Å². The number of nitrogens with zero attached hydrogens (tertiary/aromatic N) is 4. The number of amides is 1. The van der Waals surface area contributed by atoms with E-state index in [9.17, 15) is 4.79 Å². The molecular weight excluding hydrogens is 418 g/mol. The standard InChI is InChI=1S/C25H25N5OS/c31-24(27-18-22-12-7-14-26-17-22)13-15-30(19-21-10-5-2-6-11-21)25-28-23(29-32-25)16-20-8-3-1-4-9-20/h1-12,14,17H,13,15-16,18-19H2,(H,27,31). The van der Waals surface area contributed by atoms with Crippen LogP contribution in [-0.4, -0.2) is 26.8 Å². The number of carbonyl (C=O) groups is 1. The Morgan fingerprint density at radius 1 is 0.906 bits per heavy atom. The first kappa shape index (κ1) is 21.6. The van der Waals surface area contributed by atoms with Crippen molar-refractivity contribution in [1.29, 1.82) is 0 Å². The first-order valence-corrected chi connectivity index (χ1v) is 11.3. The van der Waals surface area contributed by atoms with Gasteiger partial charge in [0.25, 0.3) is 0 Å². The molecule has 0 atom stereocenters. The molecule has 0 fully saturated rings. The maximum Gasteiger partial charge on any atom is 0.222 e. The van der Waals surface area contributed by atoms with Crippen molar-refractivity contribution in [3.05, 3.63) is 108 Å². The summed E-state index contributed by atoms with van der Waals surface area (Å²) in [5, 5.41) is 3.80. The van der Waals surface area contributed by atoms with Crippen molar-refractivity contribution in [2.45, 2.75) is 25.9 Å². The van der Waals surface area contributed by atoms with Crippen LogP contribution in [-0.2, 0) is 24.3 Å². The maximum absolute atomic E-state index is 12.5. The number of hydrogen-bond donors (Lipinski definition) is 1. The van der Waals surface area contributed by atoms with E-state index in [1.54, 1.807) is 12.4 Å². The molecule has 0 saturated heterocycles. The summed E-state index contributed by atoms with van der Waals surface area (Å²) in [5.41, 5.74) is 3.33. The van der Waals surface area contributed by atoms with Crippen molar-refractivity contribution in [3.63, 3.8) is 0 Å². The summed E-state index contributed by atoms with van der Waals surface area (Å²) in [5.74, 6) is 0.802. The van der Waals surface area contributed by atoms with Gasteiger partial charge in [-0.1, -0.05) is 66.7 Å². The van der Waals surface area contributed by atoms with Gasteiger partial charge in [0.15, 0.2) is 0 Å². The van der Waals surface area contributed by atoms with E-state index < -0.39 is 0 Å². The number of benzene rings is 2. The number of nitrogens with one attached hydrogen (secondary N) is 1. The van der Waals surface area contributed by atoms with Crippen molar-refractivity contribution in [2.75, 3.05) is 11.4 Å². The summed E-state index contributed by atoms with van der Waals surface area (Å²) in [6.07, 6.45) is 4.56. The minimum absolute atomic E-state index is 0.000870. The topological polar surface area (TPSA) is 71.0 Å². The lowest BCUT2D eigenvalue weighted by Gasteiger charge is -2.21. The van der Waals surface area contributed by atoms with E-state index in [4.69, 9.17) is 4.98 Å². The van der Waals surface area contributed by atoms with Gasteiger partial charge in [0.05, 0.1) is 0 Å². The van der Waals surface area contributed by atoms with Gasteiger partial charge in [-0.05, 0) is 22.8 Å². The van der Waals surface area contributed by atoms with Crippen LogP contribution < -0.4 is 10.2 Å². The highest BCUT2D eigenvalue weighted by Gasteiger charge is 2.15. The van der Waals surface area contributed by atoms with Crippen LogP contribution in [0.15, 0.2) is 85.2 Å². The largest absolute Gasteiger partial charge is 0.352 e. The predicted molar refractivity (Wildman–Crippen MR) is 127 cm³/mol. The number of rotatable bonds is 10. The predicted octanol–water partition coefficient (Wildman–Crippen LogP) is 4.24. The zero-order valence-electron chi connectivity index (χ0n) is 17.7. The molecule has 0 bridgehead atoms. The molecule has 0 unspecified atom stereocenters. The third-order valence-electron chi connectivity index (χ3n) is 4.97. The highest BCUT2D eigenvalue weighted by atomic mass is 32.1. The summed E-state index contributed by atoms with van der Waals surface area (Å²) in [7, 11) is 0. The van der Waals surface area contributed by atoms with Gasteiger partial charge in [-0.15, -0.1) is 0 Å². The molecule has 0 aliphatic rings. The minimum Gasteiger partial charge on any atom is -0.352 e. The average molecular weight is 444 g/mol. The third-order valence-corrected chi connectivity index (χ3v) is 5.79. The molecule has 2 heterocycles. The van der Waals surface area contributed by atoms with Crippen LogP contribution in [0.25, 0.3) is 0 Å². The second kappa shape index (κ2) is 11.2. The molecule has 4 rings (SSSR count). The first-order chi connectivity index (χ1) is 15.8. The molecule has 0 aliphatic heterocycles. The molecule has 162 valence electrons. The molecule has 1 amide bonds. The monoisotopic (exact) mass is 443 g/mol. The zero-order chi connectivity index (χ0) is 22.0. The maximum atomic E-state index is 12.5. The van der Waals surface area contributed by atoms with Crippen molar-refractivity contribution >= 4 is 22.6 Å². The summed E-state index contributed by atoms with van der Waals surface area (Å²) >= 11 is 1.38. The van der Waals surface area contributed by atoms with Crippen LogP contribution in [0.1, 0.15) is 28.9 Å². The highest BCUT2D eigenvalue weighted by Crippen LogP contribution is 2.21. The summed E-state index contributed by atoms with van der Waals surface area (Å²) in [4.78, 5) is 23.4. The lowest BCUT2D eigenvalue weighted by Crippen LogP contribution is -2.30. The van der Waals surface area contributed by atoms with E-state index in [0.717, 1.165) is 16.5 Å². The number of pyridine rings is 1. The molecular formula is C25H25N5OS. The first-order valence-electron chi connectivity index (χ1n) is 10.6. The van der Waals surface area contributed by atoms with Gasteiger partial charge in [-0.2, -0.15) is 4.37 Å². The van der Waals surface area contributed by atoms with Crippen LogP contribution in [0.3, 0.4) is 0 Å². The third kappa shape index (κ3) is 6.46. The lowest BCUT2D eigenvalue weighted by atomic mass is 10.1. The Labute approximate surface area is 192 Å². The van der Waals surface area contributed by atoms with Crippen LogP contribution >= 0.6 is 11.5 Å². The Kier molecular flexibility index (Phi) is 7.55. The highest BCUT2D eigenvalue weighted by molar-refractivity contribution is 7.09. The van der Waals surface area contributed by atoms with Gasteiger partial charge in [0, 0.05) is 56.4 Å². The van der Waals surface area contributed by atoms with Gasteiger partial charge in [-0.25, -0.2) is 4.98 Å². The SMILES string of the molecule is O=C(CCN(Cc1ccccc1)c1nc(Cc2ccccc2)ns1)NCc1cccnc1. The Morgan fingerprint density at radius 2 is 1.62 bits per heavy atom. The number of carbonyl (C=O) groups excluding carboxylic acids is 1. The Hall–Kier alpha value is -3.58. The fourth-order valence-corrected chi connectivity index (χ4v) is 4.01. The molecule has 0 aliphatic carbocycles. The van der Waals surface area contributed by atoms with Gasteiger partial charge in [0.1, 0.15) is 5.82 Å². The second-order valence-corrected chi connectivity index (χ2v) is 8.18. The summed E-state index contributed by atoms with van der Waals surface area (Å²) in [6.45, 7) is 1.72.